The van der Waals surface area contributed by atoms with Crippen molar-refractivity contribution < 1.29 is 10.2 Å². The second kappa shape index (κ2) is 4.85. The van der Waals surface area contributed by atoms with Gasteiger partial charge >= 0.3 is 0 Å². The van der Waals surface area contributed by atoms with Crippen molar-refractivity contribution in [3.63, 3.8) is 0 Å². The largest absolute Gasteiger partial charge is 0.402 e. The number of hydrogen-bond donors (Lipinski definition) is 3. The maximum Gasteiger partial charge on any atom is 0.162 e. The van der Waals surface area contributed by atoms with E-state index in [4.69, 9.17) is 5.73 Å². The van der Waals surface area contributed by atoms with Crippen molar-refractivity contribution in [3.05, 3.63) is 23.9 Å². The van der Waals surface area contributed by atoms with Gasteiger partial charge in [-0.25, -0.2) is 0 Å². The van der Waals surface area contributed by atoms with Gasteiger partial charge < -0.3 is 15.9 Å². The van der Waals surface area contributed by atoms with Gasteiger partial charge in [0.15, 0.2) is 6.29 Å². The van der Waals surface area contributed by atoms with Gasteiger partial charge in [0.25, 0.3) is 0 Å². The standard InChI is InChI=1S/C19H29NO2/c1-18-10-3-2-4-12(18)5-6-13-14(18)9-11-19(17(21)22)15(13)7-8-16(19)20/h3,8,10,12-15,17,21-22H,2,4-7,9,11,20H2,1H3/t12?,13-,14+,15+,18+,19-/m1/s1. The molecular formula is C19H29NO2. The van der Waals surface area contributed by atoms with E-state index in [2.05, 4.69) is 25.2 Å². The molecule has 2 fully saturated rings. The first-order valence-corrected chi connectivity index (χ1v) is 9.00. The summed E-state index contributed by atoms with van der Waals surface area (Å²) in [5, 5.41) is 20.2. The quantitative estimate of drug-likeness (QED) is 0.515. The number of aliphatic hydroxyl groups excluding tert-OH is 1. The summed E-state index contributed by atoms with van der Waals surface area (Å²) in [7, 11) is 0. The lowest BCUT2D eigenvalue weighted by Crippen LogP contribution is -2.55. The third-order valence-electron chi connectivity index (χ3n) is 7.84. The van der Waals surface area contributed by atoms with Gasteiger partial charge in [-0.05, 0) is 74.0 Å². The Morgan fingerprint density at radius 1 is 1.18 bits per heavy atom. The maximum atomic E-state index is 10.1. The second-order valence-corrected chi connectivity index (χ2v) is 8.34. The van der Waals surface area contributed by atoms with Gasteiger partial charge in [0, 0.05) is 5.70 Å². The Hall–Kier alpha value is -0.800. The van der Waals surface area contributed by atoms with Crippen LogP contribution in [0, 0.1) is 34.5 Å². The van der Waals surface area contributed by atoms with Crippen LogP contribution in [0.15, 0.2) is 23.9 Å². The van der Waals surface area contributed by atoms with Crippen LogP contribution in [0.4, 0.5) is 0 Å². The molecular weight excluding hydrogens is 274 g/mol. The molecule has 3 nitrogen and oxygen atoms in total. The van der Waals surface area contributed by atoms with Crippen molar-refractivity contribution >= 4 is 0 Å². The molecule has 0 bridgehead atoms. The van der Waals surface area contributed by atoms with E-state index in [0.717, 1.165) is 30.9 Å². The van der Waals surface area contributed by atoms with Gasteiger partial charge in [-0.2, -0.15) is 0 Å². The number of rotatable bonds is 1. The molecule has 4 N–H and O–H groups in total. The summed E-state index contributed by atoms with van der Waals surface area (Å²) in [6, 6.07) is 0. The third-order valence-corrected chi connectivity index (χ3v) is 7.84. The highest BCUT2D eigenvalue weighted by atomic mass is 16.5. The summed E-state index contributed by atoms with van der Waals surface area (Å²) in [6.45, 7) is 2.46. The zero-order valence-electron chi connectivity index (χ0n) is 13.5. The normalized spacial score (nSPS) is 50.3. The Morgan fingerprint density at radius 3 is 2.77 bits per heavy atom. The molecule has 3 heteroatoms. The van der Waals surface area contributed by atoms with E-state index in [1.807, 2.05) is 0 Å². The molecule has 0 amide bonds. The molecule has 0 aliphatic heterocycles. The van der Waals surface area contributed by atoms with E-state index in [-0.39, 0.29) is 0 Å². The van der Waals surface area contributed by atoms with Gasteiger partial charge in [0.05, 0.1) is 5.41 Å². The lowest BCUT2D eigenvalue weighted by atomic mass is 9.46. The second-order valence-electron chi connectivity index (χ2n) is 8.34. The SMILES string of the molecule is C[C@]12C=CCCC1CC[C@@H]1[C@@H]2CC[C@]2(C(O)O)C(N)=CC[C@@H]12. The molecule has 0 radical (unpaired) electrons. The summed E-state index contributed by atoms with van der Waals surface area (Å²) in [5.74, 6) is 2.40. The Labute approximate surface area is 133 Å². The molecule has 0 saturated heterocycles. The molecule has 1 unspecified atom stereocenters. The van der Waals surface area contributed by atoms with E-state index >= 15 is 0 Å². The maximum absolute atomic E-state index is 10.1. The van der Waals surface area contributed by atoms with Crippen LogP contribution < -0.4 is 5.73 Å². The number of fused-ring (bicyclic) bond motifs is 5. The van der Waals surface area contributed by atoms with Gasteiger partial charge in [-0.1, -0.05) is 25.2 Å². The average Bonchev–Trinajstić information content (AvgIpc) is 2.85. The Balaban J connectivity index is 1.70. The van der Waals surface area contributed by atoms with E-state index in [1.54, 1.807) is 0 Å². The molecule has 0 aromatic heterocycles. The van der Waals surface area contributed by atoms with Crippen molar-refractivity contribution in [1.82, 2.24) is 0 Å². The van der Waals surface area contributed by atoms with E-state index in [9.17, 15) is 10.2 Å². The summed E-state index contributed by atoms with van der Waals surface area (Å²) >= 11 is 0. The summed E-state index contributed by atoms with van der Waals surface area (Å²) in [6.07, 6.45) is 13.5. The van der Waals surface area contributed by atoms with Crippen molar-refractivity contribution in [1.29, 1.82) is 0 Å². The summed E-state index contributed by atoms with van der Waals surface area (Å²) in [5.41, 5.74) is 6.72. The summed E-state index contributed by atoms with van der Waals surface area (Å²) in [4.78, 5) is 0. The van der Waals surface area contributed by atoms with Crippen LogP contribution in [-0.4, -0.2) is 16.5 Å². The topological polar surface area (TPSA) is 66.5 Å². The Kier molecular flexibility index (Phi) is 3.25. The Bertz CT molecular complexity index is 526. The van der Waals surface area contributed by atoms with E-state index in [1.165, 1.54) is 25.7 Å². The molecule has 4 rings (SSSR count). The van der Waals surface area contributed by atoms with Crippen LogP contribution in [0.25, 0.3) is 0 Å². The van der Waals surface area contributed by atoms with Gasteiger partial charge in [-0.3, -0.25) is 0 Å². The predicted octanol–water partition coefficient (Wildman–Crippen LogP) is 2.94. The lowest BCUT2D eigenvalue weighted by molar-refractivity contribution is -0.182. The zero-order valence-corrected chi connectivity index (χ0v) is 13.5. The summed E-state index contributed by atoms with van der Waals surface area (Å²) < 4.78 is 0. The molecule has 6 atom stereocenters. The first-order valence-electron chi connectivity index (χ1n) is 9.00. The fraction of sp³-hybridized carbons (Fsp3) is 0.789. The highest BCUT2D eigenvalue weighted by Crippen LogP contribution is 2.65. The van der Waals surface area contributed by atoms with Crippen molar-refractivity contribution in [2.75, 3.05) is 0 Å². The number of allylic oxidation sites excluding steroid dienone is 3. The lowest BCUT2D eigenvalue weighted by Gasteiger charge is -2.59. The average molecular weight is 303 g/mol. The van der Waals surface area contributed by atoms with Crippen molar-refractivity contribution in [2.24, 2.45) is 40.2 Å². The molecule has 4 aliphatic rings. The first kappa shape index (κ1) is 14.8. The number of aliphatic hydroxyl groups is 2. The molecule has 0 aromatic rings. The zero-order chi connectivity index (χ0) is 15.5. The predicted molar refractivity (Wildman–Crippen MR) is 86.5 cm³/mol. The van der Waals surface area contributed by atoms with E-state index < -0.39 is 11.7 Å². The van der Waals surface area contributed by atoms with Crippen molar-refractivity contribution in [2.45, 2.75) is 58.2 Å². The molecule has 4 aliphatic carbocycles. The molecule has 122 valence electrons. The molecule has 0 spiro atoms. The fourth-order valence-corrected chi connectivity index (χ4v) is 6.65. The van der Waals surface area contributed by atoms with Crippen molar-refractivity contribution in [3.8, 4) is 0 Å². The minimum absolute atomic E-state index is 0.311. The minimum Gasteiger partial charge on any atom is -0.402 e. The van der Waals surface area contributed by atoms with Gasteiger partial charge in [0.1, 0.15) is 0 Å². The monoisotopic (exact) mass is 303 g/mol. The molecule has 22 heavy (non-hydrogen) atoms. The third kappa shape index (κ3) is 1.70. The highest BCUT2D eigenvalue weighted by molar-refractivity contribution is 5.26. The minimum atomic E-state index is -1.32. The van der Waals surface area contributed by atoms with Crippen LogP contribution >= 0.6 is 0 Å². The fourth-order valence-electron chi connectivity index (χ4n) is 6.65. The molecule has 0 heterocycles. The van der Waals surface area contributed by atoms with Crippen LogP contribution in [0.5, 0.6) is 0 Å². The first-order chi connectivity index (χ1) is 10.5. The van der Waals surface area contributed by atoms with Crippen LogP contribution in [-0.2, 0) is 0 Å². The molecule has 0 aromatic carbocycles. The smallest absolute Gasteiger partial charge is 0.162 e. The number of hydrogen-bond acceptors (Lipinski definition) is 3. The van der Waals surface area contributed by atoms with Crippen LogP contribution in [0.2, 0.25) is 0 Å². The van der Waals surface area contributed by atoms with Gasteiger partial charge in [-0.15, -0.1) is 0 Å². The van der Waals surface area contributed by atoms with Crippen LogP contribution in [0.3, 0.4) is 0 Å². The number of nitrogens with two attached hydrogens (primary N) is 1. The highest BCUT2D eigenvalue weighted by Gasteiger charge is 2.60. The Morgan fingerprint density at radius 2 is 2.00 bits per heavy atom. The molecule has 2 saturated carbocycles. The van der Waals surface area contributed by atoms with E-state index in [0.29, 0.717) is 23.2 Å². The van der Waals surface area contributed by atoms with Gasteiger partial charge in [0.2, 0.25) is 0 Å². The van der Waals surface area contributed by atoms with Crippen LogP contribution in [0.1, 0.15) is 51.9 Å².